The van der Waals surface area contributed by atoms with Gasteiger partial charge >= 0.3 is 26.4 Å². The molecule has 0 aromatic heterocycles. The topological polar surface area (TPSA) is 83.1 Å². The zero-order valence-electron chi connectivity index (χ0n) is 17.4. The van der Waals surface area contributed by atoms with Crippen LogP contribution < -0.4 is 15.6 Å². The second-order valence-corrected chi connectivity index (χ2v) is 13.8. The summed E-state index contributed by atoms with van der Waals surface area (Å²) >= 11 is 0. The Morgan fingerprint density at radius 3 is 0.926 bits per heavy atom. The van der Waals surface area contributed by atoms with E-state index in [-0.39, 0.29) is 0 Å². The second-order valence-electron chi connectivity index (χ2n) is 5.23. The van der Waals surface area contributed by atoms with E-state index in [2.05, 4.69) is 0 Å². The van der Waals surface area contributed by atoms with Gasteiger partial charge in [-0.3, -0.25) is 0 Å². The molecule has 0 unspecified atom stereocenters. The van der Waals surface area contributed by atoms with E-state index < -0.39 is 26.4 Å². The standard InChI is InChI=1S/C15H30O9Si3/c1-16-25(17-2,18-3)13-11-10-12-14(26(19-4,20-5)21-6)15(13)27(22-7,23-8)24-9/h10-12H,1-9H3. The lowest BCUT2D eigenvalue weighted by molar-refractivity contribution is 0.132. The Morgan fingerprint density at radius 1 is 0.444 bits per heavy atom. The van der Waals surface area contributed by atoms with E-state index in [1.165, 1.54) is 64.0 Å². The highest BCUT2D eigenvalue weighted by Gasteiger charge is 2.57. The van der Waals surface area contributed by atoms with Crippen molar-refractivity contribution in [1.29, 1.82) is 0 Å². The first-order valence-electron chi connectivity index (χ1n) is 8.01. The van der Waals surface area contributed by atoms with Gasteiger partial charge in [-0.1, -0.05) is 18.2 Å². The van der Waals surface area contributed by atoms with E-state index in [1.807, 2.05) is 18.2 Å². The fraction of sp³-hybridized carbons (Fsp3) is 0.600. The molecule has 1 rings (SSSR count). The lowest BCUT2D eigenvalue weighted by Crippen LogP contribution is -2.76. The van der Waals surface area contributed by atoms with Crippen molar-refractivity contribution in [3.63, 3.8) is 0 Å². The molecule has 27 heavy (non-hydrogen) atoms. The number of rotatable bonds is 12. The summed E-state index contributed by atoms with van der Waals surface area (Å²) in [5, 5.41) is 1.85. The maximum Gasteiger partial charge on any atom is 0.536 e. The molecule has 9 nitrogen and oxygen atoms in total. The average Bonchev–Trinajstić information content (AvgIpc) is 2.74. The van der Waals surface area contributed by atoms with Gasteiger partial charge in [-0.15, -0.1) is 0 Å². The van der Waals surface area contributed by atoms with Crippen molar-refractivity contribution in [3.05, 3.63) is 18.2 Å². The summed E-state index contributed by atoms with van der Waals surface area (Å²) in [6, 6.07) is 5.49. The molecule has 0 saturated heterocycles. The molecular formula is C15H30O9Si3. The molecule has 0 heterocycles. The average molecular weight is 439 g/mol. The SMILES string of the molecule is CO[Si](OC)(OC)c1cccc([Si](OC)(OC)OC)c1[Si](OC)(OC)OC. The van der Waals surface area contributed by atoms with Crippen molar-refractivity contribution in [2.24, 2.45) is 0 Å². The zero-order chi connectivity index (χ0) is 20.7. The van der Waals surface area contributed by atoms with Crippen LogP contribution >= 0.6 is 0 Å². The van der Waals surface area contributed by atoms with E-state index in [4.69, 9.17) is 39.8 Å². The largest absolute Gasteiger partial charge is 0.536 e. The molecule has 12 heteroatoms. The second kappa shape index (κ2) is 10.3. The van der Waals surface area contributed by atoms with E-state index in [0.717, 1.165) is 0 Å². The molecule has 0 atom stereocenters. The molecule has 0 fully saturated rings. The van der Waals surface area contributed by atoms with Gasteiger partial charge < -0.3 is 39.8 Å². The summed E-state index contributed by atoms with van der Waals surface area (Å²) in [6.07, 6.45) is 0. The van der Waals surface area contributed by atoms with Gasteiger partial charge in [-0.2, -0.15) is 0 Å². The molecule has 1 aromatic rings. The molecular weight excluding hydrogens is 408 g/mol. The Morgan fingerprint density at radius 2 is 0.704 bits per heavy atom. The summed E-state index contributed by atoms with van der Waals surface area (Å²) in [7, 11) is 3.72. The van der Waals surface area contributed by atoms with Crippen LogP contribution in [0.3, 0.4) is 0 Å². The summed E-state index contributed by atoms with van der Waals surface area (Å²) in [5.41, 5.74) is 0. The fourth-order valence-electron chi connectivity index (χ4n) is 3.11. The van der Waals surface area contributed by atoms with E-state index in [0.29, 0.717) is 15.6 Å². The lowest BCUT2D eigenvalue weighted by atomic mass is 10.3. The first kappa shape index (κ1) is 24.5. The van der Waals surface area contributed by atoms with Crippen LogP contribution in [0.1, 0.15) is 0 Å². The highest BCUT2D eigenvalue weighted by Crippen LogP contribution is 2.15. The molecule has 0 bridgehead atoms. The van der Waals surface area contributed by atoms with Gasteiger partial charge in [0.2, 0.25) is 0 Å². The van der Waals surface area contributed by atoms with Crippen LogP contribution in [-0.4, -0.2) is 90.4 Å². The van der Waals surface area contributed by atoms with Crippen LogP contribution in [0, 0.1) is 0 Å². The van der Waals surface area contributed by atoms with Gasteiger partial charge in [0, 0.05) is 79.5 Å². The van der Waals surface area contributed by atoms with Crippen molar-refractivity contribution in [1.82, 2.24) is 0 Å². The Hall–Kier alpha value is -0.489. The molecule has 0 amide bonds. The molecule has 0 saturated carbocycles. The Balaban J connectivity index is 4.06. The van der Waals surface area contributed by atoms with Crippen molar-refractivity contribution in [3.8, 4) is 0 Å². The molecule has 0 radical (unpaired) electrons. The quantitative estimate of drug-likeness (QED) is 0.379. The minimum Gasteiger partial charge on any atom is -0.373 e. The Kier molecular flexibility index (Phi) is 9.40. The molecule has 156 valence electrons. The molecule has 0 aliphatic carbocycles. The predicted octanol–water partition coefficient (Wildman–Crippen LogP) is -1.06. The summed E-state index contributed by atoms with van der Waals surface area (Å²) in [6.45, 7) is 0. The summed E-state index contributed by atoms with van der Waals surface area (Å²) in [5.74, 6) is 0. The van der Waals surface area contributed by atoms with Gasteiger partial charge in [-0.05, 0) is 0 Å². The molecule has 0 spiro atoms. The van der Waals surface area contributed by atoms with E-state index in [1.54, 1.807) is 0 Å². The monoisotopic (exact) mass is 438 g/mol. The Bertz CT molecular complexity index is 527. The van der Waals surface area contributed by atoms with Crippen LogP contribution in [-0.2, 0) is 39.8 Å². The highest BCUT2D eigenvalue weighted by molar-refractivity contribution is 6.92. The van der Waals surface area contributed by atoms with Crippen LogP contribution in [0.5, 0.6) is 0 Å². The molecule has 0 aliphatic heterocycles. The summed E-state index contributed by atoms with van der Waals surface area (Å²) < 4.78 is 51.5. The van der Waals surface area contributed by atoms with Gasteiger partial charge in [0.25, 0.3) is 0 Å². The lowest BCUT2D eigenvalue weighted by Gasteiger charge is -2.36. The van der Waals surface area contributed by atoms with Crippen LogP contribution in [0.4, 0.5) is 0 Å². The highest BCUT2D eigenvalue weighted by atomic mass is 28.4. The van der Waals surface area contributed by atoms with Gasteiger partial charge in [0.1, 0.15) is 0 Å². The number of hydrogen-bond donors (Lipinski definition) is 0. The fourth-order valence-corrected chi connectivity index (χ4v) is 10.8. The minimum atomic E-state index is -3.41. The zero-order valence-corrected chi connectivity index (χ0v) is 20.4. The third kappa shape index (κ3) is 4.12. The number of benzene rings is 1. The van der Waals surface area contributed by atoms with Crippen molar-refractivity contribution >= 4 is 42.0 Å². The van der Waals surface area contributed by atoms with Crippen molar-refractivity contribution in [2.75, 3.05) is 64.0 Å². The summed E-state index contributed by atoms with van der Waals surface area (Å²) in [4.78, 5) is 0. The van der Waals surface area contributed by atoms with Crippen LogP contribution in [0.15, 0.2) is 18.2 Å². The Labute approximate surface area is 164 Å². The van der Waals surface area contributed by atoms with Gasteiger partial charge in [0.15, 0.2) is 0 Å². The maximum atomic E-state index is 5.77. The van der Waals surface area contributed by atoms with Gasteiger partial charge in [-0.25, -0.2) is 0 Å². The van der Waals surface area contributed by atoms with Crippen molar-refractivity contribution < 1.29 is 39.8 Å². The third-order valence-electron chi connectivity index (χ3n) is 4.45. The minimum absolute atomic E-state index is 0.590. The molecule has 0 N–H and O–H groups in total. The van der Waals surface area contributed by atoms with Crippen LogP contribution in [0.25, 0.3) is 0 Å². The molecule has 0 aliphatic rings. The first-order chi connectivity index (χ1) is 12.9. The molecule has 1 aromatic carbocycles. The maximum absolute atomic E-state index is 5.77. The normalized spacial score (nSPS) is 13.2. The predicted molar refractivity (Wildman–Crippen MR) is 106 cm³/mol. The van der Waals surface area contributed by atoms with Gasteiger partial charge in [0.05, 0.1) is 0 Å². The third-order valence-corrected chi connectivity index (χ3v) is 13.1. The van der Waals surface area contributed by atoms with E-state index in [9.17, 15) is 0 Å². The van der Waals surface area contributed by atoms with Crippen molar-refractivity contribution in [2.45, 2.75) is 0 Å². The van der Waals surface area contributed by atoms with Crippen LogP contribution in [0.2, 0.25) is 0 Å². The smallest absolute Gasteiger partial charge is 0.373 e. The first-order valence-corrected chi connectivity index (χ1v) is 13.2. The number of hydrogen-bond acceptors (Lipinski definition) is 9. The van der Waals surface area contributed by atoms with E-state index >= 15 is 0 Å².